The third-order valence-electron chi connectivity index (χ3n) is 2.44. The number of rotatable bonds is 3. The molecule has 0 spiro atoms. The fourth-order valence-electron chi connectivity index (χ4n) is 1.55. The highest BCUT2D eigenvalue weighted by molar-refractivity contribution is 7.13. The molecule has 19 heavy (non-hydrogen) atoms. The molecule has 3 aromatic rings. The first-order valence-corrected chi connectivity index (χ1v) is 6.18. The molecule has 0 radical (unpaired) electrons. The van der Waals surface area contributed by atoms with Crippen LogP contribution in [0.15, 0.2) is 40.5 Å². The Morgan fingerprint density at radius 3 is 3.00 bits per heavy atom. The lowest BCUT2D eigenvalue weighted by molar-refractivity contribution is 0.0697. The smallest absolute Gasteiger partial charge is 0.335 e. The van der Waals surface area contributed by atoms with Gasteiger partial charge in [0.25, 0.3) is 5.89 Å². The van der Waals surface area contributed by atoms with E-state index in [1.165, 1.54) is 23.5 Å². The number of carboxylic acids is 1. The predicted molar refractivity (Wildman–Crippen MR) is 67.8 cm³/mol. The number of hydrogen-bond acceptors (Lipinski definition) is 6. The van der Waals surface area contributed by atoms with Gasteiger partial charge in [-0.15, -0.1) is 11.3 Å². The zero-order chi connectivity index (χ0) is 13.2. The van der Waals surface area contributed by atoms with Crippen molar-refractivity contribution in [2.24, 2.45) is 0 Å². The van der Waals surface area contributed by atoms with Crippen LogP contribution in [0.1, 0.15) is 10.4 Å². The Bertz CT molecular complexity index is 721. The van der Waals surface area contributed by atoms with Gasteiger partial charge in [-0.3, -0.25) is 4.98 Å². The molecule has 0 aliphatic rings. The number of carboxylic acid groups (broad SMARTS) is 1. The predicted octanol–water partition coefficient (Wildman–Crippen LogP) is 2.56. The SMILES string of the molecule is O=C(O)c1cccc(-c2nc(-c3cncs3)no2)c1. The van der Waals surface area contributed by atoms with Crippen LogP contribution in [0.4, 0.5) is 0 Å². The van der Waals surface area contributed by atoms with Gasteiger partial charge in [-0.2, -0.15) is 4.98 Å². The number of hydrogen-bond donors (Lipinski definition) is 1. The molecule has 0 unspecified atom stereocenters. The first-order chi connectivity index (χ1) is 9.24. The molecular formula is C12H7N3O3S. The minimum absolute atomic E-state index is 0.176. The van der Waals surface area contributed by atoms with E-state index in [-0.39, 0.29) is 11.5 Å². The highest BCUT2D eigenvalue weighted by Gasteiger charge is 2.13. The largest absolute Gasteiger partial charge is 0.478 e. The van der Waals surface area contributed by atoms with Gasteiger partial charge in [0.15, 0.2) is 0 Å². The summed E-state index contributed by atoms with van der Waals surface area (Å²) < 4.78 is 5.13. The van der Waals surface area contributed by atoms with Crippen molar-refractivity contribution in [3.05, 3.63) is 41.5 Å². The van der Waals surface area contributed by atoms with Gasteiger partial charge < -0.3 is 9.63 Å². The molecular weight excluding hydrogens is 266 g/mol. The molecule has 0 aliphatic carbocycles. The minimum atomic E-state index is -0.996. The monoisotopic (exact) mass is 273 g/mol. The zero-order valence-electron chi connectivity index (χ0n) is 9.48. The van der Waals surface area contributed by atoms with Crippen LogP contribution in [-0.4, -0.2) is 26.2 Å². The van der Waals surface area contributed by atoms with Crippen LogP contribution in [0, 0.1) is 0 Å². The van der Waals surface area contributed by atoms with Gasteiger partial charge in [0.1, 0.15) is 0 Å². The first kappa shape index (κ1) is 11.5. The maximum atomic E-state index is 10.9. The van der Waals surface area contributed by atoms with E-state index in [0.29, 0.717) is 11.4 Å². The molecule has 0 atom stereocenters. The van der Waals surface area contributed by atoms with Gasteiger partial charge >= 0.3 is 5.97 Å². The molecule has 6 nitrogen and oxygen atoms in total. The second kappa shape index (κ2) is 4.62. The molecule has 1 N–H and O–H groups in total. The molecule has 1 aromatic carbocycles. The van der Waals surface area contributed by atoms with Crippen LogP contribution in [0.3, 0.4) is 0 Å². The molecule has 0 amide bonds. The van der Waals surface area contributed by atoms with Crippen molar-refractivity contribution in [1.82, 2.24) is 15.1 Å². The fraction of sp³-hybridized carbons (Fsp3) is 0. The average Bonchev–Trinajstić information content (AvgIpc) is 3.09. The van der Waals surface area contributed by atoms with E-state index in [4.69, 9.17) is 9.63 Å². The maximum Gasteiger partial charge on any atom is 0.335 e. The molecule has 0 aliphatic heterocycles. The topological polar surface area (TPSA) is 89.1 Å². The molecule has 0 saturated heterocycles. The Morgan fingerprint density at radius 2 is 2.26 bits per heavy atom. The molecule has 0 bridgehead atoms. The van der Waals surface area contributed by atoms with Crippen LogP contribution < -0.4 is 0 Å². The Hall–Kier alpha value is -2.54. The lowest BCUT2D eigenvalue weighted by Gasteiger charge is -1.96. The van der Waals surface area contributed by atoms with Gasteiger partial charge in [0.2, 0.25) is 5.82 Å². The van der Waals surface area contributed by atoms with E-state index in [1.54, 1.807) is 23.8 Å². The third-order valence-corrected chi connectivity index (χ3v) is 3.20. The first-order valence-electron chi connectivity index (χ1n) is 5.30. The third kappa shape index (κ3) is 2.23. The van der Waals surface area contributed by atoms with Gasteiger partial charge in [-0.05, 0) is 18.2 Å². The van der Waals surface area contributed by atoms with Crippen LogP contribution >= 0.6 is 11.3 Å². The number of thiazole rings is 1. The second-order valence-electron chi connectivity index (χ2n) is 3.67. The molecule has 3 rings (SSSR count). The van der Waals surface area contributed by atoms with E-state index in [2.05, 4.69) is 15.1 Å². The summed E-state index contributed by atoms with van der Waals surface area (Å²) in [4.78, 5) is 19.9. The summed E-state index contributed by atoms with van der Waals surface area (Å²) in [6.07, 6.45) is 1.65. The summed E-state index contributed by atoms with van der Waals surface area (Å²) in [5.41, 5.74) is 2.43. The Kier molecular flexibility index (Phi) is 2.81. The highest BCUT2D eigenvalue weighted by atomic mass is 32.1. The molecule has 0 fully saturated rings. The van der Waals surface area contributed by atoms with E-state index in [9.17, 15) is 4.79 Å². The standard InChI is InChI=1S/C12H7N3O3S/c16-12(17)8-3-1-2-7(4-8)11-14-10(15-18-11)9-5-13-6-19-9/h1-6H,(H,16,17). The van der Waals surface area contributed by atoms with Crippen molar-refractivity contribution in [3.63, 3.8) is 0 Å². The van der Waals surface area contributed by atoms with Crippen LogP contribution in [0.2, 0.25) is 0 Å². The summed E-state index contributed by atoms with van der Waals surface area (Å²) in [7, 11) is 0. The van der Waals surface area contributed by atoms with E-state index in [0.717, 1.165) is 4.88 Å². The number of benzene rings is 1. The van der Waals surface area contributed by atoms with E-state index < -0.39 is 5.97 Å². The van der Waals surface area contributed by atoms with Crippen molar-refractivity contribution in [1.29, 1.82) is 0 Å². The molecule has 0 saturated carbocycles. The molecule has 2 aromatic heterocycles. The molecule has 94 valence electrons. The lowest BCUT2D eigenvalue weighted by Crippen LogP contribution is -1.95. The summed E-state index contributed by atoms with van der Waals surface area (Å²) in [6.45, 7) is 0. The normalized spacial score (nSPS) is 10.5. The van der Waals surface area contributed by atoms with Gasteiger partial charge in [-0.25, -0.2) is 4.79 Å². The van der Waals surface area contributed by atoms with E-state index in [1.807, 2.05) is 0 Å². The Labute approximate surface area is 111 Å². The van der Waals surface area contributed by atoms with Crippen molar-refractivity contribution in [2.45, 2.75) is 0 Å². The number of aromatic carboxylic acids is 1. The Balaban J connectivity index is 1.99. The van der Waals surface area contributed by atoms with Crippen molar-refractivity contribution in [2.75, 3.05) is 0 Å². The van der Waals surface area contributed by atoms with Crippen LogP contribution in [0.5, 0.6) is 0 Å². The molecule has 2 heterocycles. The maximum absolute atomic E-state index is 10.9. The summed E-state index contributed by atoms with van der Waals surface area (Å²) in [6, 6.07) is 6.35. The minimum Gasteiger partial charge on any atom is -0.478 e. The summed E-state index contributed by atoms with van der Waals surface area (Å²) in [5, 5.41) is 12.8. The van der Waals surface area contributed by atoms with E-state index >= 15 is 0 Å². The van der Waals surface area contributed by atoms with Crippen LogP contribution in [0.25, 0.3) is 22.2 Å². The Morgan fingerprint density at radius 1 is 1.37 bits per heavy atom. The van der Waals surface area contributed by atoms with Crippen molar-refractivity contribution in [3.8, 4) is 22.2 Å². The highest BCUT2D eigenvalue weighted by Crippen LogP contribution is 2.24. The second-order valence-corrected chi connectivity index (χ2v) is 4.56. The number of carbonyl (C=O) groups is 1. The van der Waals surface area contributed by atoms with Crippen molar-refractivity contribution < 1.29 is 14.4 Å². The van der Waals surface area contributed by atoms with Crippen LogP contribution in [-0.2, 0) is 0 Å². The van der Waals surface area contributed by atoms with Crippen molar-refractivity contribution >= 4 is 17.3 Å². The van der Waals surface area contributed by atoms with Gasteiger partial charge in [-0.1, -0.05) is 11.2 Å². The zero-order valence-corrected chi connectivity index (χ0v) is 10.3. The average molecular weight is 273 g/mol. The number of aromatic nitrogens is 3. The lowest BCUT2D eigenvalue weighted by atomic mass is 10.1. The number of nitrogens with zero attached hydrogens (tertiary/aromatic N) is 3. The summed E-state index contributed by atoms with van der Waals surface area (Å²) >= 11 is 1.40. The quantitative estimate of drug-likeness (QED) is 0.788. The van der Waals surface area contributed by atoms with Gasteiger partial charge in [0, 0.05) is 11.8 Å². The summed E-state index contributed by atoms with van der Waals surface area (Å²) in [5.74, 6) is -0.270. The molecule has 7 heteroatoms. The fourth-order valence-corrected chi connectivity index (χ4v) is 2.10. The van der Waals surface area contributed by atoms with Gasteiger partial charge in [0.05, 0.1) is 16.0 Å².